The Morgan fingerprint density at radius 2 is 0.516 bits per heavy atom. The highest BCUT2D eigenvalue weighted by atomic mass is 19.4. The van der Waals surface area contributed by atoms with E-state index >= 15 is 0 Å². The first-order valence-electron chi connectivity index (χ1n) is 7.68. The number of hydrogen-bond donors (Lipinski definition) is 2. The van der Waals surface area contributed by atoms with Crippen molar-refractivity contribution in [1.29, 1.82) is 0 Å². The van der Waals surface area contributed by atoms with Crippen LogP contribution in [0.4, 0.5) is 52.7 Å². The average Bonchev–Trinajstić information content (AvgIpc) is 2.58. The molecular formula is C17H8F12O2. The minimum absolute atomic E-state index is 0.233. The lowest BCUT2D eigenvalue weighted by Gasteiger charge is -2.26. The topological polar surface area (TPSA) is 40.5 Å². The molecule has 0 fully saturated rings. The maximum Gasteiger partial charge on any atom is 0.416 e. The summed E-state index contributed by atoms with van der Waals surface area (Å²) in [6.45, 7) is 0. The van der Waals surface area contributed by atoms with Crippen molar-refractivity contribution >= 4 is 0 Å². The molecule has 0 heterocycles. The van der Waals surface area contributed by atoms with E-state index in [9.17, 15) is 62.9 Å². The second-order valence-electron chi connectivity index (χ2n) is 6.26. The number of aliphatic hydroxyl groups is 2. The number of hydrogen-bond acceptors (Lipinski definition) is 2. The van der Waals surface area contributed by atoms with Gasteiger partial charge in [-0.05, 0) is 36.4 Å². The molecule has 0 amide bonds. The molecule has 2 aromatic rings. The van der Waals surface area contributed by atoms with Crippen molar-refractivity contribution in [3.8, 4) is 0 Å². The smallest absolute Gasteiger partial charge is 0.358 e. The average molecular weight is 472 g/mol. The summed E-state index contributed by atoms with van der Waals surface area (Å²) in [6, 6.07) is -1.75. The molecule has 172 valence electrons. The van der Waals surface area contributed by atoms with E-state index in [1.54, 1.807) is 0 Å². The molecule has 31 heavy (non-hydrogen) atoms. The van der Waals surface area contributed by atoms with Crippen molar-refractivity contribution in [2.24, 2.45) is 0 Å². The monoisotopic (exact) mass is 472 g/mol. The van der Waals surface area contributed by atoms with Gasteiger partial charge in [-0.3, -0.25) is 0 Å². The van der Waals surface area contributed by atoms with Gasteiger partial charge in [0.15, 0.2) is 0 Å². The molecule has 2 aromatic carbocycles. The summed E-state index contributed by atoms with van der Waals surface area (Å²) in [5.74, 6) is -4.08. The van der Waals surface area contributed by atoms with Crippen LogP contribution in [0.1, 0.15) is 33.4 Å². The Hall–Kier alpha value is -2.48. The summed E-state index contributed by atoms with van der Waals surface area (Å²) in [4.78, 5) is 0. The number of alkyl halides is 12. The Labute approximate surface area is 164 Å². The maximum absolute atomic E-state index is 12.9. The van der Waals surface area contributed by atoms with Crippen molar-refractivity contribution in [2.75, 3.05) is 0 Å². The van der Waals surface area contributed by atoms with Crippen LogP contribution in [-0.4, -0.2) is 10.2 Å². The van der Waals surface area contributed by atoms with Crippen LogP contribution in [0.15, 0.2) is 36.4 Å². The Morgan fingerprint density at radius 1 is 0.355 bits per heavy atom. The van der Waals surface area contributed by atoms with Crippen molar-refractivity contribution in [1.82, 2.24) is 0 Å². The second kappa shape index (κ2) is 7.29. The molecule has 0 aliphatic heterocycles. The van der Waals surface area contributed by atoms with Gasteiger partial charge in [-0.1, -0.05) is 0 Å². The van der Waals surface area contributed by atoms with Crippen LogP contribution in [0, 0.1) is 0 Å². The lowest BCUT2D eigenvalue weighted by Crippen LogP contribution is -2.29. The zero-order valence-electron chi connectivity index (χ0n) is 14.4. The van der Waals surface area contributed by atoms with Gasteiger partial charge in [-0.2, -0.15) is 52.7 Å². The van der Waals surface area contributed by atoms with Crippen LogP contribution in [0.3, 0.4) is 0 Å². The number of benzene rings is 2. The van der Waals surface area contributed by atoms with Gasteiger partial charge >= 0.3 is 24.7 Å². The highest BCUT2D eigenvalue weighted by Crippen LogP contribution is 2.42. The van der Waals surface area contributed by atoms with Crippen molar-refractivity contribution in [3.63, 3.8) is 0 Å². The normalized spacial score (nSPS) is 14.1. The van der Waals surface area contributed by atoms with E-state index in [-0.39, 0.29) is 24.3 Å². The predicted octanol–water partition coefficient (Wildman–Crippen LogP) is 5.95. The Morgan fingerprint density at radius 3 is 0.677 bits per heavy atom. The molecular weight excluding hydrogens is 464 g/mol. The molecule has 0 radical (unpaired) electrons. The maximum atomic E-state index is 12.9. The van der Waals surface area contributed by atoms with Crippen molar-refractivity contribution < 1.29 is 62.9 Å². The molecule has 2 N–H and O–H groups in total. The molecule has 14 heteroatoms. The molecule has 0 aromatic heterocycles. The molecule has 0 spiro atoms. The zero-order valence-corrected chi connectivity index (χ0v) is 14.4. The van der Waals surface area contributed by atoms with Crippen LogP contribution < -0.4 is 0 Å². The van der Waals surface area contributed by atoms with E-state index in [1.165, 1.54) is 0 Å². The van der Waals surface area contributed by atoms with Crippen LogP contribution in [0.5, 0.6) is 0 Å². The molecule has 0 aliphatic carbocycles. The summed E-state index contributed by atoms with van der Waals surface area (Å²) in [6.07, 6.45) is -21.8. The van der Waals surface area contributed by atoms with Crippen LogP contribution in [0.25, 0.3) is 0 Å². The van der Waals surface area contributed by atoms with E-state index in [0.29, 0.717) is 0 Å². The van der Waals surface area contributed by atoms with Crippen LogP contribution in [-0.2, 0) is 30.5 Å². The Balaban J connectivity index is 2.83. The van der Waals surface area contributed by atoms with Gasteiger partial charge in [0.25, 0.3) is 0 Å². The fourth-order valence-corrected chi connectivity index (χ4v) is 2.48. The molecule has 0 saturated carbocycles. The van der Waals surface area contributed by atoms with Gasteiger partial charge in [0.05, 0.1) is 22.3 Å². The summed E-state index contributed by atoms with van der Waals surface area (Å²) in [7, 11) is 0. The summed E-state index contributed by atoms with van der Waals surface area (Å²) < 4.78 is 155. The second-order valence-corrected chi connectivity index (χ2v) is 6.26. The predicted molar refractivity (Wildman–Crippen MR) is 78.1 cm³/mol. The minimum atomic E-state index is -5.46. The van der Waals surface area contributed by atoms with Crippen molar-refractivity contribution in [3.05, 3.63) is 69.8 Å². The van der Waals surface area contributed by atoms with E-state index in [4.69, 9.17) is 0 Å². The van der Waals surface area contributed by atoms with Crippen LogP contribution >= 0.6 is 0 Å². The van der Waals surface area contributed by atoms with Crippen molar-refractivity contribution in [2.45, 2.75) is 30.5 Å². The highest BCUT2D eigenvalue weighted by molar-refractivity contribution is 5.43. The fourth-order valence-electron chi connectivity index (χ4n) is 2.48. The SMILES string of the molecule is OC(O)(c1cc(C(F)(F)F)cc(C(F)(F)F)c1)c1cc(C(F)(F)F)cc(C(F)(F)F)c1. The summed E-state index contributed by atoms with van der Waals surface area (Å²) in [5, 5.41) is 20.2. The molecule has 2 nitrogen and oxygen atoms in total. The number of rotatable bonds is 2. The van der Waals surface area contributed by atoms with Gasteiger partial charge in [-0.15, -0.1) is 0 Å². The lowest BCUT2D eigenvalue weighted by atomic mass is 9.91. The Bertz CT molecular complexity index is 823. The van der Waals surface area contributed by atoms with Crippen LogP contribution in [0.2, 0.25) is 0 Å². The number of halogens is 12. The van der Waals surface area contributed by atoms with Gasteiger partial charge in [-0.25, -0.2) is 0 Å². The third-order valence-electron chi connectivity index (χ3n) is 3.98. The molecule has 0 bridgehead atoms. The summed E-state index contributed by atoms with van der Waals surface area (Å²) >= 11 is 0. The van der Waals surface area contributed by atoms with E-state index < -0.39 is 76.0 Å². The fraction of sp³-hybridized carbons (Fsp3) is 0.294. The standard InChI is InChI=1S/C17H8F12O2/c18-14(19,20)9-1-7(2-10(5-9)15(21,22)23)13(30,31)8-3-11(16(24,25)26)6-12(4-8)17(27,28)29/h1-6,30-31H. The first kappa shape index (κ1) is 24.8. The Kier molecular flexibility index (Phi) is 5.83. The molecule has 0 unspecified atom stereocenters. The molecule has 0 saturated heterocycles. The first-order valence-corrected chi connectivity index (χ1v) is 7.68. The highest BCUT2D eigenvalue weighted by Gasteiger charge is 2.43. The minimum Gasteiger partial charge on any atom is -0.358 e. The first-order chi connectivity index (χ1) is 13.6. The van der Waals surface area contributed by atoms with E-state index in [0.717, 1.165) is 0 Å². The largest absolute Gasteiger partial charge is 0.416 e. The quantitative estimate of drug-likeness (QED) is 0.419. The molecule has 2 rings (SSSR count). The summed E-state index contributed by atoms with van der Waals surface area (Å²) in [5.41, 5.74) is -11.6. The van der Waals surface area contributed by atoms with E-state index in [1.807, 2.05) is 0 Å². The van der Waals surface area contributed by atoms with Gasteiger partial charge in [0.2, 0.25) is 5.79 Å². The molecule has 0 atom stereocenters. The third-order valence-corrected chi connectivity index (χ3v) is 3.98. The molecule has 0 aliphatic rings. The third kappa shape index (κ3) is 5.42. The lowest BCUT2D eigenvalue weighted by molar-refractivity contribution is -0.148. The van der Waals surface area contributed by atoms with Gasteiger partial charge in [0, 0.05) is 11.1 Å². The van der Waals surface area contributed by atoms with Gasteiger partial charge < -0.3 is 10.2 Å². The zero-order chi connectivity index (χ0) is 24.2. The van der Waals surface area contributed by atoms with Gasteiger partial charge in [0.1, 0.15) is 0 Å². The van der Waals surface area contributed by atoms with E-state index in [2.05, 4.69) is 0 Å².